The molecule has 1 N–H and O–H groups in total. The Labute approximate surface area is 179 Å². The van der Waals surface area contributed by atoms with Gasteiger partial charge in [-0.25, -0.2) is 4.79 Å². The zero-order valence-electron chi connectivity index (χ0n) is 18.6. The third-order valence-electron chi connectivity index (χ3n) is 8.97. The van der Waals surface area contributed by atoms with Crippen LogP contribution in [0.2, 0.25) is 0 Å². The molecule has 0 aromatic heterocycles. The van der Waals surface area contributed by atoms with Gasteiger partial charge in [-0.3, -0.25) is 4.90 Å². The summed E-state index contributed by atoms with van der Waals surface area (Å²) in [6, 6.07) is 4.26. The monoisotopic (exact) mass is 414 g/mol. The summed E-state index contributed by atoms with van der Waals surface area (Å²) in [5.74, 6) is 0.364. The smallest absolute Gasteiger partial charge is 0.328 e. The molecule has 1 spiro atoms. The Morgan fingerprint density at radius 2 is 2.07 bits per heavy atom. The molecule has 4 aliphatic rings. The maximum Gasteiger partial charge on any atom is 0.328 e. The minimum absolute atomic E-state index is 0.0595. The summed E-state index contributed by atoms with van der Waals surface area (Å²) < 4.78 is 10.6. The average Bonchev–Trinajstić information content (AvgIpc) is 3.31. The first-order chi connectivity index (χ1) is 14.4. The first-order valence-corrected chi connectivity index (χ1v) is 11.5. The number of fused-ring (bicyclic) bond motifs is 1. The fraction of sp³-hybridized carbons (Fsp3) is 0.708. The van der Waals surface area contributed by atoms with E-state index in [2.05, 4.69) is 22.8 Å². The Morgan fingerprint density at radius 1 is 1.27 bits per heavy atom. The second-order valence-electron chi connectivity index (χ2n) is 9.72. The summed E-state index contributed by atoms with van der Waals surface area (Å²) in [5.41, 5.74) is 2.25. The van der Waals surface area contributed by atoms with Crippen molar-refractivity contribution in [1.29, 1.82) is 0 Å². The second kappa shape index (κ2) is 6.78. The Kier molecular flexibility index (Phi) is 4.51. The van der Waals surface area contributed by atoms with Gasteiger partial charge in [-0.05, 0) is 75.6 Å². The van der Waals surface area contributed by atoms with Gasteiger partial charge >= 0.3 is 5.97 Å². The molecular weight excluding hydrogens is 380 g/mol. The summed E-state index contributed by atoms with van der Waals surface area (Å²) in [6.45, 7) is 6.51. The van der Waals surface area contributed by atoms with E-state index in [0.717, 1.165) is 31.6 Å². The highest BCUT2D eigenvalue weighted by atomic mass is 16.5. The molecular formula is C24H34N2O4. The van der Waals surface area contributed by atoms with Crippen LogP contribution in [0.5, 0.6) is 11.5 Å². The third-order valence-corrected chi connectivity index (χ3v) is 8.97. The minimum atomic E-state index is -0.456. The highest BCUT2D eigenvalue weighted by molar-refractivity contribution is 5.85. The van der Waals surface area contributed by atoms with Gasteiger partial charge in [0.2, 0.25) is 0 Å². The van der Waals surface area contributed by atoms with Crippen LogP contribution in [0.4, 0.5) is 5.69 Å². The Hall–Kier alpha value is -1.95. The van der Waals surface area contributed by atoms with E-state index in [4.69, 9.17) is 9.47 Å². The fourth-order valence-electron chi connectivity index (χ4n) is 7.82. The normalized spacial score (nSPS) is 35.4. The molecule has 5 rings (SSSR count). The summed E-state index contributed by atoms with van der Waals surface area (Å²) in [6.07, 6.45) is 7.03. The van der Waals surface area contributed by atoms with E-state index in [-0.39, 0.29) is 23.2 Å². The van der Waals surface area contributed by atoms with Gasteiger partial charge in [0.25, 0.3) is 0 Å². The molecule has 0 radical (unpaired) electrons. The molecule has 30 heavy (non-hydrogen) atoms. The molecule has 3 heterocycles. The summed E-state index contributed by atoms with van der Waals surface area (Å²) in [7, 11) is 3.02. The summed E-state index contributed by atoms with van der Waals surface area (Å²) in [4.78, 5) is 17.6. The van der Waals surface area contributed by atoms with Gasteiger partial charge in [-0.15, -0.1) is 0 Å². The number of carbonyl (C=O) groups excluding carboxylic acids is 1. The lowest BCUT2D eigenvalue weighted by atomic mass is 9.52. The molecule has 1 aromatic rings. The number of piperidine rings is 1. The lowest BCUT2D eigenvalue weighted by Crippen LogP contribution is -2.65. The number of esters is 1. The number of phenolic OH excluding ortho intramolecular Hbond substituents is 1. The van der Waals surface area contributed by atoms with Gasteiger partial charge in [0.05, 0.1) is 19.9 Å². The highest BCUT2D eigenvalue weighted by Crippen LogP contribution is 2.67. The lowest BCUT2D eigenvalue weighted by Gasteiger charge is -2.59. The van der Waals surface area contributed by atoms with E-state index in [1.54, 1.807) is 7.11 Å². The van der Waals surface area contributed by atoms with Crippen LogP contribution in [0, 0.1) is 5.41 Å². The Morgan fingerprint density at radius 3 is 2.77 bits per heavy atom. The van der Waals surface area contributed by atoms with Crippen molar-refractivity contribution in [3.05, 3.63) is 17.7 Å². The van der Waals surface area contributed by atoms with Crippen LogP contribution in [0.1, 0.15) is 57.9 Å². The third kappa shape index (κ3) is 2.26. The van der Waals surface area contributed by atoms with Crippen LogP contribution in [0.15, 0.2) is 12.1 Å². The quantitative estimate of drug-likeness (QED) is 0.762. The zero-order valence-corrected chi connectivity index (χ0v) is 18.6. The largest absolute Gasteiger partial charge is 0.503 e. The number of ether oxygens (including phenoxy) is 2. The molecule has 2 saturated heterocycles. The van der Waals surface area contributed by atoms with E-state index in [0.29, 0.717) is 17.2 Å². The fourth-order valence-corrected chi connectivity index (χ4v) is 7.82. The van der Waals surface area contributed by atoms with Crippen LogP contribution < -0.4 is 9.64 Å². The van der Waals surface area contributed by atoms with Crippen molar-refractivity contribution in [2.24, 2.45) is 5.41 Å². The lowest BCUT2D eigenvalue weighted by molar-refractivity contribution is -0.142. The topological polar surface area (TPSA) is 62.2 Å². The molecule has 3 aliphatic heterocycles. The number of rotatable bonds is 4. The van der Waals surface area contributed by atoms with Crippen molar-refractivity contribution >= 4 is 11.7 Å². The second-order valence-corrected chi connectivity index (χ2v) is 9.72. The first kappa shape index (κ1) is 20.0. The van der Waals surface area contributed by atoms with Crippen LogP contribution in [0.25, 0.3) is 0 Å². The molecule has 1 aromatic carbocycles. The Balaban J connectivity index is 1.74. The van der Waals surface area contributed by atoms with E-state index >= 15 is 0 Å². The van der Waals surface area contributed by atoms with Gasteiger partial charge in [-0.2, -0.15) is 0 Å². The number of hydrogen-bond donors (Lipinski definition) is 1. The summed E-state index contributed by atoms with van der Waals surface area (Å²) in [5, 5.41) is 11.2. The zero-order chi connectivity index (χ0) is 21.3. The van der Waals surface area contributed by atoms with Crippen molar-refractivity contribution in [2.75, 3.05) is 32.2 Å². The minimum Gasteiger partial charge on any atom is -0.503 e. The summed E-state index contributed by atoms with van der Waals surface area (Å²) >= 11 is 0. The standard InChI is InChI=1S/C24H34N2O4/c1-5-23-10-6-13-25-14-12-24(22(23)25)16-7-8-17(29-3)20(27)19(16)26(18(24)9-11-23)15(2)21(28)30-4/h7-8,15,18,22,27H,5-6,9-14H2,1-4H3/t15?,18-,22-,23-,24-/m1/s1. The predicted octanol–water partition coefficient (Wildman–Crippen LogP) is 3.45. The molecule has 6 nitrogen and oxygen atoms in total. The van der Waals surface area contributed by atoms with Crippen LogP contribution in [-0.4, -0.2) is 61.4 Å². The number of aromatic hydroxyl groups is 1. The number of hydrogen-bond acceptors (Lipinski definition) is 6. The van der Waals surface area contributed by atoms with Crippen LogP contribution >= 0.6 is 0 Å². The molecule has 3 fully saturated rings. The number of nitrogens with zero attached hydrogens (tertiary/aromatic N) is 2. The van der Waals surface area contributed by atoms with Gasteiger partial charge in [0.1, 0.15) is 6.04 Å². The maximum absolute atomic E-state index is 12.7. The number of methoxy groups -OCH3 is 2. The molecule has 0 bridgehead atoms. The van der Waals surface area contributed by atoms with Crippen molar-refractivity contribution < 1.29 is 19.4 Å². The van der Waals surface area contributed by atoms with Gasteiger partial charge in [-0.1, -0.05) is 13.0 Å². The van der Waals surface area contributed by atoms with Crippen molar-refractivity contribution in [3.63, 3.8) is 0 Å². The molecule has 0 amide bonds. The predicted molar refractivity (Wildman–Crippen MR) is 115 cm³/mol. The van der Waals surface area contributed by atoms with E-state index in [9.17, 15) is 9.90 Å². The maximum atomic E-state index is 12.7. The van der Waals surface area contributed by atoms with Gasteiger partial charge in [0.15, 0.2) is 11.5 Å². The van der Waals surface area contributed by atoms with Gasteiger partial charge in [0, 0.05) is 17.5 Å². The first-order valence-electron chi connectivity index (χ1n) is 11.5. The highest BCUT2D eigenvalue weighted by Gasteiger charge is 2.68. The molecule has 1 unspecified atom stereocenters. The van der Waals surface area contributed by atoms with Crippen molar-refractivity contribution in [3.8, 4) is 11.5 Å². The van der Waals surface area contributed by atoms with E-state index < -0.39 is 6.04 Å². The van der Waals surface area contributed by atoms with E-state index in [1.165, 1.54) is 38.4 Å². The number of carbonyl (C=O) groups is 1. The average molecular weight is 415 g/mol. The van der Waals surface area contributed by atoms with Crippen LogP contribution in [-0.2, 0) is 14.9 Å². The molecule has 164 valence electrons. The van der Waals surface area contributed by atoms with Crippen LogP contribution in [0.3, 0.4) is 0 Å². The SMILES string of the molecule is CC[C@@]12CCCN3CC[C@]4(c5ccc(OC)c(O)c5N(C(C)C(=O)OC)[C@@H]4CC1)[C@H]32. The Bertz CT molecular complexity index is 873. The molecule has 1 saturated carbocycles. The molecule has 1 aliphatic carbocycles. The molecule has 6 heteroatoms. The number of benzene rings is 1. The van der Waals surface area contributed by atoms with Crippen molar-refractivity contribution in [1.82, 2.24) is 4.90 Å². The van der Waals surface area contributed by atoms with Gasteiger partial charge < -0.3 is 19.5 Å². The number of phenols is 1. The number of anilines is 1. The van der Waals surface area contributed by atoms with E-state index in [1.807, 2.05) is 13.0 Å². The van der Waals surface area contributed by atoms with Crippen molar-refractivity contribution in [2.45, 2.75) is 75.9 Å². The molecule has 5 atom stereocenters.